The van der Waals surface area contributed by atoms with Crippen LogP contribution in [0.2, 0.25) is 0 Å². The number of hydrogen-bond acceptors (Lipinski definition) is 3. The van der Waals surface area contributed by atoms with Crippen LogP contribution in [0.25, 0.3) is 0 Å². The molecule has 0 aliphatic rings. The van der Waals surface area contributed by atoms with E-state index in [9.17, 15) is 22.7 Å². The van der Waals surface area contributed by atoms with Crippen molar-refractivity contribution < 1.29 is 27.4 Å². The number of aliphatic hydroxyl groups is 1. The molecule has 0 radical (unpaired) electrons. The first-order chi connectivity index (χ1) is 9.82. The Morgan fingerprint density at radius 2 is 1.90 bits per heavy atom. The zero-order valence-corrected chi connectivity index (χ0v) is 10.9. The second kappa shape index (κ2) is 5.69. The quantitative estimate of drug-likeness (QED) is 0.884. The van der Waals surface area contributed by atoms with Crippen molar-refractivity contribution in [3.63, 3.8) is 0 Å². The number of aliphatic hydroxyl groups excluding tert-OH is 1. The van der Waals surface area contributed by atoms with Crippen LogP contribution >= 0.6 is 0 Å². The molecule has 0 amide bonds. The number of benzene rings is 1. The maximum atomic E-state index is 13.5. The number of alkyl halides is 3. The molecule has 0 saturated carbocycles. The maximum absolute atomic E-state index is 13.5. The van der Waals surface area contributed by atoms with Crippen molar-refractivity contribution in [2.24, 2.45) is 0 Å². The van der Waals surface area contributed by atoms with Gasteiger partial charge < -0.3 is 9.84 Å². The molecule has 1 heterocycles. The fraction of sp³-hybridized carbons (Fsp3) is 0.214. The van der Waals surface area contributed by atoms with Crippen molar-refractivity contribution in [1.82, 2.24) is 4.98 Å². The molecular formula is C14H11F4NO2. The predicted molar refractivity (Wildman–Crippen MR) is 66.3 cm³/mol. The average Bonchev–Trinajstić information content (AvgIpc) is 2.45. The highest BCUT2D eigenvalue weighted by Crippen LogP contribution is 2.30. The van der Waals surface area contributed by atoms with Crippen molar-refractivity contribution in [2.45, 2.75) is 12.3 Å². The number of halogens is 4. The summed E-state index contributed by atoms with van der Waals surface area (Å²) in [6.07, 6.45) is -5.20. The van der Waals surface area contributed by atoms with E-state index in [1.54, 1.807) is 0 Å². The Kier molecular flexibility index (Phi) is 4.13. The van der Waals surface area contributed by atoms with Gasteiger partial charge in [0.1, 0.15) is 6.10 Å². The van der Waals surface area contributed by atoms with E-state index < -0.39 is 23.7 Å². The first-order valence-corrected chi connectivity index (χ1v) is 5.87. The summed E-state index contributed by atoms with van der Waals surface area (Å²) >= 11 is 0. The van der Waals surface area contributed by atoms with Crippen molar-refractivity contribution in [3.05, 3.63) is 59.2 Å². The molecule has 3 nitrogen and oxygen atoms in total. The molecule has 0 bridgehead atoms. The van der Waals surface area contributed by atoms with E-state index in [2.05, 4.69) is 4.98 Å². The van der Waals surface area contributed by atoms with Gasteiger partial charge >= 0.3 is 6.18 Å². The molecule has 0 aliphatic carbocycles. The monoisotopic (exact) mass is 301 g/mol. The summed E-state index contributed by atoms with van der Waals surface area (Å²) in [4.78, 5) is 3.57. The number of aromatic nitrogens is 1. The third-order valence-corrected chi connectivity index (χ3v) is 2.89. The first kappa shape index (κ1) is 15.2. The third kappa shape index (κ3) is 3.30. The maximum Gasteiger partial charge on any atom is 0.417 e. The summed E-state index contributed by atoms with van der Waals surface area (Å²) < 4.78 is 55.5. The minimum absolute atomic E-state index is 0.00586. The lowest BCUT2D eigenvalue weighted by molar-refractivity contribution is -0.137. The van der Waals surface area contributed by atoms with Crippen molar-refractivity contribution >= 4 is 0 Å². The van der Waals surface area contributed by atoms with Gasteiger partial charge in [-0.05, 0) is 29.8 Å². The zero-order valence-electron chi connectivity index (χ0n) is 10.9. The lowest BCUT2D eigenvalue weighted by Gasteiger charge is -2.13. The van der Waals surface area contributed by atoms with Crippen molar-refractivity contribution in [2.75, 3.05) is 7.11 Å². The summed E-state index contributed by atoms with van der Waals surface area (Å²) in [6, 6.07) is 5.63. The fourth-order valence-corrected chi connectivity index (χ4v) is 1.76. The van der Waals surface area contributed by atoms with Gasteiger partial charge in [-0.1, -0.05) is 6.07 Å². The summed E-state index contributed by atoms with van der Waals surface area (Å²) in [6.45, 7) is 0. The SMILES string of the molecule is COc1ccc(C(O)c2ccc(C(F)(F)F)cn2)cc1F. The summed E-state index contributed by atoms with van der Waals surface area (Å²) in [5, 5.41) is 10.0. The van der Waals surface area contributed by atoms with Gasteiger partial charge in [0.15, 0.2) is 11.6 Å². The van der Waals surface area contributed by atoms with Crippen LogP contribution in [0.5, 0.6) is 5.75 Å². The van der Waals surface area contributed by atoms with Gasteiger partial charge in [-0.25, -0.2) is 4.39 Å². The van der Waals surface area contributed by atoms with Crippen LogP contribution < -0.4 is 4.74 Å². The molecule has 0 aliphatic heterocycles. The minimum atomic E-state index is -4.50. The van der Waals surface area contributed by atoms with Gasteiger partial charge in [-0.2, -0.15) is 13.2 Å². The molecular weight excluding hydrogens is 290 g/mol. The summed E-state index contributed by atoms with van der Waals surface area (Å²) in [5.74, 6) is -0.674. The van der Waals surface area contributed by atoms with E-state index in [1.807, 2.05) is 0 Å². The first-order valence-electron chi connectivity index (χ1n) is 5.87. The Morgan fingerprint density at radius 1 is 1.19 bits per heavy atom. The van der Waals surface area contributed by atoms with Crippen LogP contribution in [0.1, 0.15) is 22.9 Å². The van der Waals surface area contributed by atoms with Crippen LogP contribution in [-0.4, -0.2) is 17.2 Å². The molecule has 0 saturated heterocycles. The van der Waals surface area contributed by atoms with E-state index in [-0.39, 0.29) is 17.0 Å². The Morgan fingerprint density at radius 3 is 2.38 bits per heavy atom. The molecule has 112 valence electrons. The van der Waals surface area contributed by atoms with E-state index in [0.717, 1.165) is 18.2 Å². The molecule has 1 unspecified atom stereocenters. The Balaban J connectivity index is 2.27. The topological polar surface area (TPSA) is 42.4 Å². The minimum Gasteiger partial charge on any atom is -0.494 e. The molecule has 2 aromatic rings. The average molecular weight is 301 g/mol. The number of ether oxygens (including phenoxy) is 1. The number of hydrogen-bond donors (Lipinski definition) is 1. The van der Waals surface area contributed by atoms with E-state index in [0.29, 0.717) is 6.20 Å². The number of methoxy groups -OCH3 is 1. The normalized spacial score (nSPS) is 13.0. The lowest BCUT2D eigenvalue weighted by atomic mass is 10.0. The van der Waals surface area contributed by atoms with Gasteiger partial charge in [0, 0.05) is 6.20 Å². The highest BCUT2D eigenvalue weighted by atomic mass is 19.4. The molecule has 0 fully saturated rings. The Bertz CT molecular complexity index is 626. The second-order valence-corrected chi connectivity index (χ2v) is 4.27. The van der Waals surface area contributed by atoms with E-state index in [1.165, 1.54) is 19.2 Å². The van der Waals surface area contributed by atoms with Gasteiger partial charge in [0.05, 0.1) is 18.4 Å². The molecule has 7 heteroatoms. The van der Waals surface area contributed by atoms with Crippen LogP contribution in [-0.2, 0) is 6.18 Å². The van der Waals surface area contributed by atoms with Crippen LogP contribution in [0, 0.1) is 5.82 Å². The molecule has 1 N–H and O–H groups in total. The smallest absolute Gasteiger partial charge is 0.417 e. The van der Waals surface area contributed by atoms with Gasteiger partial charge in [-0.3, -0.25) is 4.98 Å². The summed E-state index contributed by atoms with van der Waals surface area (Å²) in [7, 11) is 1.30. The molecule has 2 rings (SSSR count). The number of rotatable bonds is 3. The predicted octanol–water partition coefficient (Wildman–Crippen LogP) is 3.33. The van der Waals surface area contributed by atoms with Gasteiger partial charge in [0.2, 0.25) is 0 Å². The largest absolute Gasteiger partial charge is 0.494 e. The second-order valence-electron chi connectivity index (χ2n) is 4.27. The third-order valence-electron chi connectivity index (χ3n) is 2.89. The molecule has 1 aromatic heterocycles. The zero-order chi connectivity index (χ0) is 15.6. The van der Waals surface area contributed by atoms with Crippen molar-refractivity contribution in [1.29, 1.82) is 0 Å². The summed E-state index contributed by atoms with van der Waals surface area (Å²) in [5.41, 5.74) is -0.757. The van der Waals surface area contributed by atoms with Gasteiger partial charge in [-0.15, -0.1) is 0 Å². The fourth-order valence-electron chi connectivity index (χ4n) is 1.76. The van der Waals surface area contributed by atoms with Gasteiger partial charge in [0.25, 0.3) is 0 Å². The van der Waals surface area contributed by atoms with E-state index in [4.69, 9.17) is 4.74 Å². The Labute approximate surface area is 117 Å². The molecule has 0 spiro atoms. The van der Waals surface area contributed by atoms with E-state index >= 15 is 0 Å². The standard InChI is InChI=1S/C14H11F4NO2/c1-21-12-5-2-8(6-10(12)15)13(20)11-4-3-9(7-19-11)14(16,17)18/h2-7,13,20H,1H3. The van der Waals surface area contributed by atoms with Crippen molar-refractivity contribution in [3.8, 4) is 5.75 Å². The highest BCUT2D eigenvalue weighted by Gasteiger charge is 2.31. The van der Waals surface area contributed by atoms with Crippen LogP contribution in [0.4, 0.5) is 17.6 Å². The number of nitrogens with zero attached hydrogens (tertiary/aromatic N) is 1. The van der Waals surface area contributed by atoms with Crippen LogP contribution in [0.15, 0.2) is 36.5 Å². The molecule has 1 aromatic carbocycles. The highest BCUT2D eigenvalue weighted by molar-refractivity contribution is 5.34. The molecule has 21 heavy (non-hydrogen) atoms. The Hall–Kier alpha value is -2.15. The van der Waals surface area contributed by atoms with Crippen LogP contribution in [0.3, 0.4) is 0 Å². The lowest BCUT2D eigenvalue weighted by Crippen LogP contribution is -2.08. The number of pyridine rings is 1. The molecule has 1 atom stereocenters.